The molecule has 1 fully saturated rings. The van der Waals surface area contributed by atoms with Gasteiger partial charge in [-0.2, -0.15) is 9.61 Å². The van der Waals surface area contributed by atoms with Crippen molar-refractivity contribution in [3.05, 3.63) is 53.7 Å². The van der Waals surface area contributed by atoms with Gasteiger partial charge in [0, 0.05) is 36.7 Å². The largest absolute Gasteiger partial charge is 0.396 e. The average Bonchev–Trinajstić information content (AvgIpc) is 3.39. The first kappa shape index (κ1) is 22.3. The van der Waals surface area contributed by atoms with Crippen LogP contribution in [-0.4, -0.2) is 45.9 Å². The van der Waals surface area contributed by atoms with Crippen LogP contribution in [0.3, 0.4) is 0 Å². The summed E-state index contributed by atoms with van der Waals surface area (Å²) in [5, 5.41) is 24.8. The van der Waals surface area contributed by atoms with Gasteiger partial charge in [-0.1, -0.05) is 44.2 Å². The lowest BCUT2D eigenvalue weighted by Crippen LogP contribution is -2.35. The molecule has 4 N–H and O–H groups in total. The van der Waals surface area contributed by atoms with Gasteiger partial charge in [0.15, 0.2) is 5.65 Å². The van der Waals surface area contributed by atoms with E-state index in [1.807, 2.05) is 35.0 Å². The fraction of sp³-hybridized carbons (Fsp3) is 0.455. The fourth-order valence-electron chi connectivity index (χ4n) is 3.81. The zero-order chi connectivity index (χ0) is 20.3. The molecule has 0 aliphatic carbocycles. The number of aliphatic hydroxyl groups is 1. The van der Waals surface area contributed by atoms with Crippen molar-refractivity contribution in [2.75, 3.05) is 36.9 Å². The second-order valence-electron chi connectivity index (χ2n) is 8.29. The maximum absolute atomic E-state index is 9.89. The molecule has 0 saturated carbocycles. The number of aliphatic hydroxyl groups excluding tert-OH is 1. The maximum atomic E-state index is 9.89. The van der Waals surface area contributed by atoms with Crippen LogP contribution in [0.1, 0.15) is 37.3 Å². The number of aromatic nitrogens is 3. The molecule has 1 aliphatic heterocycles. The highest BCUT2D eigenvalue weighted by atomic mass is 35.5. The molecule has 0 unspecified atom stereocenters. The van der Waals surface area contributed by atoms with E-state index in [4.69, 9.17) is 4.98 Å². The topological polar surface area (TPSA) is 86.5 Å². The summed E-state index contributed by atoms with van der Waals surface area (Å²) >= 11 is 0. The van der Waals surface area contributed by atoms with Crippen LogP contribution < -0.4 is 16.0 Å². The van der Waals surface area contributed by atoms with Crippen LogP contribution in [0, 0.1) is 5.41 Å². The molecular weight excluding hydrogens is 400 g/mol. The Morgan fingerprint density at radius 2 is 2.03 bits per heavy atom. The highest BCUT2D eigenvalue weighted by Crippen LogP contribution is 2.27. The number of halogens is 1. The highest BCUT2D eigenvalue weighted by Gasteiger charge is 2.33. The maximum Gasteiger partial charge on any atom is 0.163 e. The Balaban J connectivity index is 0.00000256. The van der Waals surface area contributed by atoms with Gasteiger partial charge in [0.2, 0.25) is 0 Å². The minimum Gasteiger partial charge on any atom is -0.396 e. The smallest absolute Gasteiger partial charge is 0.163 e. The van der Waals surface area contributed by atoms with Crippen molar-refractivity contribution in [2.24, 2.45) is 5.41 Å². The quantitative estimate of drug-likeness (QED) is 0.439. The molecule has 0 radical (unpaired) electrons. The SMILES string of the molecule is CC(C)c1cnn2c(NCc3ccccc3)cc(NC[C@@]3(CO)CCNC3)nc12.Cl. The number of fused-ring (bicyclic) bond motifs is 1. The van der Waals surface area contributed by atoms with E-state index in [0.29, 0.717) is 19.0 Å². The van der Waals surface area contributed by atoms with E-state index in [1.54, 1.807) is 0 Å². The van der Waals surface area contributed by atoms with Crippen LogP contribution in [-0.2, 0) is 6.54 Å². The molecule has 1 saturated heterocycles. The van der Waals surface area contributed by atoms with Gasteiger partial charge in [-0.3, -0.25) is 0 Å². The molecule has 4 rings (SSSR count). The summed E-state index contributed by atoms with van der Waals surface area (Å²) in [6.45, 7) is 7.63. The number of benzene rings is 1. The van der Waals surface area contributed by atoms with Crippen molar-refractivity contribution < 1.29 is 5.11 Å². The molecule has 162 valence electrons. The Bertz CT molecular complexity index is 953. The van der Waals surface area contributed by atoms with Gasteiger partial charge in [-0.25, -0.2) is 4.98 Å². The average molecular weight is 431 g/mol. The number of hydrogen-bond acceptors (Lipinski definition) is 6. The van der Waals surface area contributed by atoms with E-state index >= 15 is 0 Å². The van der Waals surface area contributed by atoms with Gasteiger partial charge in [0.1, 0.15) is 11.6 Å². The van der Waals surface area contributed by atoms with Crippen LogP contribution in [0.5, 0.6) is 0 Å². The lowest BCUT2D eigenvalue weighted by Gasteiger charge is -2.26. The summed E-state index contributed by atoms with van der Waals surface area (Å²) in [6, 6.07) is 12.3. The first-order valence-corrected chi connectivity index (χ1v) is 10.3. The molecule has 3 heterocycles. The zero-order valence-electron chi connectivity index (χ0n) is 17.6. The van der Waals surface area contributed by atoms with Gasteiger partial charge >= 0.3 is 0 Å². The van der Waals surface area contributed by atoms with E-state index in [1.165, 1.54) is 5.56 Å². The number of hydrogen-bond donors (Lipinski definition) is 4. The molecule has 30 heavy (non-hydrogen) atoms. The summed E-state index contributed by atoms with van der Waals surface area (Å²) in [4.78, 5) is 4.85. The molecular formula is C22H31ClN6O. The van der Waals surface area contributed by atoms with Crippen LogP contribution >= 0.6 is 12.4 Å². The summed E-state index contributed by atoms with van der Waals surface area (Å²) in [5.41, 5.74) is 3.06. The van der Waals surface area contributed by atoms with Crippen LogP contribution in [0.25, 0.3) is 5.65 Å². The van der Waals surface area contributed by atoms with Crippen LogP contribution in [0.2, 0.25) is 0 Å². The van der Waals surface area contributed by atoms with Gasteiger partial charge in [-0.15, -0.1) is 12.4 Å². The lowest BCUT2D eigenvalue weighted by molar-refractivity contribution is 0.154. The molecule has 1 atom stereocenters. The third-order valence-electron chi connectivity index (χ3n) is 5.75. The Labute approximate surface area is 183 Å². The Hall–Kier alpha value is -2.35. The van der Waals surface area contributed by atoms with Crippen LogP contribution in [0.15, 0.2) is 42.6 Å². The monoisotopic (exact) mass is 430 g/mol. The predicted octanol–water partition coefficient (Wildman–Crippen LogP) is 3.27. The summed E-state index contributed by atoms with van der Waals surface area (Å²) in [6.07, 6.45) is 2.86. The van der Waals surface area contributed by atoms with E-state index in [-0.39, 0.29) is 24.4 Å². The lowest BCUT2D eigenvalue weighted by atomic mass is 9.88. The first-order chi connectivity index (χ1) is 14.1. The molecule has 2 aromatic heterocycles. The summed E-state index contributed by atoms with van der Waals surface area (Å²) in [5.74, 6) is 2.03. The molecule has 0 spiro atoms. The van der Waals surface area contributed by atoms with Crippen molar-refractivity contribution in [2.45, 2.75) is 32.7 Å². The van der Waals surface area contributed by atoms with Crippen molar-refractivity contribution in [1.29, 1.82) is 0 Å². The van der Waals surface area contributed by atoms with Gasteiger partial charge in [0.05, 0.1) is 12.8 Å². The molecule has 0 amide bonds. The first-order valence-electron chi connectivity index (χ1n) is 10.3. The summed E-state index contributed by atoms with van der Waals surface area (Å²) in [7, 11) is 0. The van der Waals surface area contributed by atoms with E-state index in [0.717, 1.165) is 42.4 Å². The number of anilines is 2. The van der Waals surface area contributed by atoms with Gasteiger partial charge in [0.25, 0.3) is 0 Å². The third-order valence-corrected chi connectivity index (χ3v) is 5.75. The number of nitrogens with zero attached hydrogens (tertiary/aromatic N) is 3. The normalized spacial score (nSPS) is 18.5. The van der Waals surface area contributed by atoms with Gasteiger partial charge < -0.3 is 21.1 Å². The van der Waals surface area contributed by atoms with Crippen LogP contribution in [0.4, 0.5) is 11.6 Å². The molecule has 7 nitrogen and oxygen atoms in total. The van der Waals surface area contributed by atoms with E-state index < -0.39 is 0 Å². The Kier molecular flexibility index (Phi) is 7.18. The molecule has 0 bridgehead atoms. The second-order valence-corrected chi connectivity index (χ2v) is 8.29. The second kappa shape index (κ2) is 9.64. The van der Waals surface area contributed by atoms with Gasteiger partial charge in [-0.05, 0) is 24.4 Å². The van der Waals surface area contributed by atoms with Crippen molar-refractivity contribution in [3.8, 4) is 0 Å². The predicted molar refractivity (Wildman–Crippen MR) is 124 cm³/mol. The minimum absolute atomic E-state index is 0. The Morgan fingerprint density at radius 3 is 2.70 bits per heavy atom. The molecule has 3 aromatic rings. The zero-order valence-corrected chi connectivity index (χ0v) is 18.4. The van der Waals surface area contributed by atoms with Crippen molar-refractivity contribution in [3.63, 3.8) is 0 Å². The highest BCUT2D eigenvalue weighted by molar-refractivity contribution is 5.85. The standard InChI is InChI=1S/C22H30N6O.ClH/c1-16(2)18-12-26-28-20(24-11-17-6-4-3-5-7-17)10-19(27-21(18)28)25-14-22(15-29)8-9-23-13-22;/h3-7,10,12,16,23-24,29H,8-9,11,13-15H2,1-2H3,(H,25,27);1H/t22-;/m1./s1. The number of nitrogens with one attached hydrogen (secondary N) is 3. The third kappa shape index (κ3) is 4.69. The summed E-state index contributed by atoms with van der Waals surface area (Å²) < 4.78 is 1.88. The van der Waals surface area contributed by atoms with Crippen molar-refractivity contribution >= 4 is 29.7 Å². The van der Waals surface area contributed by atoms with E-state index in [9.17, 15) is 5.11 Å². The minimum atomic E-state index is -0.132. The molecule has 1 aliphatic rings. The molecule has 1 aromatic carbocycles. The van der Waals surface area contributed by atoms with Crippen molar-refractivity contribution in [1.82, 2.24) is 19.9 Å². The number of rotatable bonds is 8. The molecule has 8 heteroatoms. The fourth-order valence-corrected chi connectivity index (χ4v) is 3.81. The Morgan fingerprint density at radius 1 is 1.23 bits per heavy atom. The van der Waals surface area contributed by atoms with E-state index in [2.05, 4.69) is 47.0 Å².